The molecule has 2 unspecified atom stereocenters. The maximum Gasteiger partial charge on any atom is 0.291 e. The number of aromatic nitrogens is 7. The van der Waals surface area contributed by atoms with Crippen LogP contribution in [0.1, 0.15) is 73.0 Å². The molecule has 3 N–H and O–H groups in total. The molecule has 0 spiro atoms. The average Bonchev–Trinajstić information content (AvgIpc) is 3.66. The van der Waals surface area contributed by atoms with Gasteiger partial charge in [0.2, 0.25) is 5.82 Å². The molecule has 1 amide bonds. The van der Waals surface area contributed by atoms with Crippen molar-refractivity contribution in [1.29, 1.82) is 0 Å². The number of hydrogen-bond donors (Lipinski definition) is 3. The smallest absolute Gasteiger partial charge is 0.291 e. The summed E-state index contributed by atoms with van der Waals surface area (Å²) in [4.78, 5) is 28.9. The van der Waals surface area contributed by atoms with Crippen LogP contribution >= 0.6 is 0 Å². The minimum absolute atomic E-state index is 0.0797. The molecule has 2 bridgehead atoms. The van der Waals surface area contributed by atoms with Gasteiger partial charge in [-0.25, -0.2) is 9.97 Å². The van der Waals surface area contributed by atoms with Gasteiger partial charge in [-0.15, -0.1) is 0 Å². The summed E-state index contributed by atoms with van der Waals surface area (Å²) in [5.41, 5.74) is 4.11. The molecule has 0 saturated carbocycles. The van der Waals surface area contributed by atoms with E-state index in [0.717, 1.165) is 59.5 Å². The number of carbonyl (C=O) groups excluding carboxylic acids is 1. The van der Waals surface area contributed by atoms with Crippen molar-refractivity contribution in [2.45, 2.75) is 69.7 Å². The Morgan fingerprint density at radius 3 is 2.66 bits per heavy atom. The fourth-order valence-electron chi connectivity index (χ4n) is 6.26. The lowest BCUT2D eigenvalue weighted by atomic mass is 9.85. The summed E-state index contributed by atoms with van der Waals surface area (Å²) in [6.45, 7) is 4.30. The summed E-state index contributed by atoms with van der Waals surface area (Å²) in [7, 11) is 0. The molecular weight excluding hydrogens is 486 g/mol. The Morgan fingerprint density at radius 1 is 1.16 bits per heavy atom. The van der Waals surface area contributed by atoms with Crippen LogP contribution in [0.2, 0.25) is 0 Å². The van der Waals surface area contributed by atoms with Crippen LogP contribution in [-0.2, 0) is 16.9 Å². The second-order valence-corrected chi connectivity index (χ2v) is 10.9. The number of rotatable bonds is 4. The number of nitrogens with one attached hydrogen (secondary N) is 2. The minimum atomic E-state index is -1.02. The first-order chi connectivity index (χ1) is 18.4. The van der Waals surface area contributed by atoms with Crippen molar-refractivity contribution >= 4 is 17.4 Å². The van der Waals surface area contributed by atoms with Crippen LogP contribution in [0.15, 0.2) is 30.9 Å². The van der Waals surface area contributed by atoms with Gasteiger partial charge in [0.15, 0.2) is 5.65 Å². The summed E-state index contributed by atoms with van der Waals surface area (Å²) in [6, 6.07) is 4.04. The number of amides is 1. The van der Waals surface area contributed by atoms with E-state index in [1.807, 2.05) is 27.7 Å². The zero-order valence-electron chi connectivity index (χ0n) is 21.3. The summed E-state index contributed by atoms with van der Waals surface area (Å²) >= 11 is 0. The van der Waals surface area contributed by atoms with E-state index in [-0.39, 0.29) is 23.9 Å². The molecule has 7 rings (SSSR count). The number of aromatic amines is 1. The van der Waals surface area contributed by atoms with Crippen molar-refractivity contribution < 1.29 is 14.6 Å². The molecule has 0 radical (unpaired) electrons. The second kappa shape index (κ2) is 8.57. The number of aliphatic hydroxyl groups is 1. The number of pyridine rings is 1. The van der Waals surface area contributed by atoms with E-state index >= 15 is 0 Å². The van der Waals surface area contributed by atoms with Crippen LogP contribution in [0.5, 0.6) is 0 Å². The summed E-state index contributed by atoms with van der Waals surface area (Å²) in [5, 5.41) is 24.9. The monoisotopic (exact) mass is 515 g/mol. The van der Waals surface area contributed by atoms with Crippen molar-refractivity contribution in [2.24, 2.45) is 0 Å². The molecule has 0 aromatic carbocycles. The van der Waals surface area contributed by atoms with Gasteiger partial charge in [-0.05, 0) is 45.6 Å². The highest BCUT2D eigenvalue weighted by Gasteiger charge is 2.45. The van der Waals surface area contributed by atoms with Crippen LogP contribution in [0.25, 0.3) is 16.8 Å². The lowest BCUT2D eigenvalue weighted by molar-refractivity contribution is 0.0554. The largest absolute Gasteiger partial charge is 0.384 e. The number of nitrogens with zero attached hydrogens (tertiary/aromatic N) is 7. The van der Waals surface area contributed by atoms with Crippen molar-refractivity contribution in [1.82, 2.24) is 39.7 Å². The third-order valence-corrected chi connectivity index (χ3v) is 8.04. The van der Waals surface area contributed by atoms with Crippen LogP contribution in [0.3, 0.4) is 0 Å². The van der Waals surface area contributed by atoms with Gasteiger partial charge in [0.1, 0.15) is 24.5 Å². The van der Waals surface area contributed by atoms with E-state index in [4.69, 9.17) is 9.72 Å². The standard InChI is InChI=1S/C26H29N9O3/c1-26(2,37)20-6-3-14(9-27-20)18-10-31-35-23-19(11-38-13-29-23)21(32-24(18)35)15-7-16-4-5-17(8-15)34(16)25(36)22-28-12-30-33-22/h3,6,9-10,12,15-17,29,37H,4-5,7-8,11,13H2,1-2H3,(H,28,30,33). The predicted octanol–water partition coefficient (Wildman–Crippen LogP) is 2.59. The molecule has 0 aliphatic carbocycles. The second-order valence-electron chi connectivity index (χ2n) is 10.9. The third kappa shape index (κ3) is 3.66. The summed E-state index contributed by atoms with van der Waals surface area (Å²) < 4.78 is 7.63. The number of carbonyl (C=O) groups is 1. The average molecular weight is 516 g/mol. The number of piperidine rings is 1. The third-order valence-electron chi connectivity index (χ3n) is 8.04. The van der Waals surface area contributed by atoms with Crippen LogP contribution in [-0.4, -0.2) is 69.5 Å². The summed E-state index contributed by atoms with van der Waals surface area (Å²) in [5.74, 6) is 1.30. The Hall–Kier alpha value is -3.90. The van der Waals surface area contributed by atoms with Crippen LogP contribution in [0.4, 0.5) is 5.82 Å². The Balaban J connectivity index is 1.27. The van der Waals surface area contributed by atoms with Gasteiger partial charge in [0.25, 0.3) is 5.91 Å². The lowest BCUT2D eigenvalue weighted by Gasteiger charge is -2.39. The normalized spacial score (nSPS) is 22.9. The molecule has 2 fully saturated rings. The molecule has 196 valence electrons. The van der Waals surface area contributed by atoms with Gasteiger partial charge in [0.05, 0.1) is 24.2 Å². The van der Waals surface area contributed by atoms with Gasteiger partial charge in [-0.1, -0.05) is 6.07 Å². The van der Waals surface area contributed by atoms with E-state index in [1.54, 1.807) is 20.0 Å². The van der Waals surface area contributed by atoms with Crippen molar-refractivity contribution in [3.8, 4) is 11.1 Å². The molecular formula is C26H29N9O3. The molecule has 2 saturated heterocycles. The number of anilines is 1. The fourth-order valence-corrected chi connectivity index (χ4v) is 6.26. The van der Waals surface area contributed by atoms with Crippen LogP contribution in [0, 0.1) is 0 Å². The fraction of sp³-hybridized carbons (Fsp3) is 0.462. The zero-order chi connectivity index (χ0) is 26.0. The van der Waals surface area contributed by atoms with Gasteiger partial charge in [0, 0.05) is 40.9 Å². The van der Waals surface area contributed by atoms with Gasteiger partial charge in [-0.2, -0.15) is 14.7 Å². The molecule has 38 heavy (non-hydrogen) atoms. The minimum Gasteiger partial charge on any atom is -0.384 e. The maximum absolute atomic E-state index is 13.1. The molecule has 4 aromatic heterocycles. The highest BCUT2D eigenvalue weighted by molar-refractivity contribution is 5.91. The number of H-pyrrole nitrogens is 1. The van der Waals surface area contributed by atoms with E-state index in [0.29, 0.717) is 24.9 Å². The number of fused-ring (bicyclic) bond motifs is 5. The van der Waals surface area contributed by atoms with E-state index < -0.39 is 5.60 Å². The maximum atomic E-state index is 13.1. The van der Waals surface area contributed by atoms with Crippen molar-refractivity contribution in [2.75, 3.05) is 12.0 Å². The first-order valence-corrected chi connectivity index (χ1v) is 13.0. The highest BCUT2D eigenvalue weighted by atomic mass is 16.5. The lowest BCUT2D eigenvalue weighted by Crippen LogP contribution is -2.46. The van der Waals surface area contributed by atoms with Gasteiger partial charge >= 0.3 is 0 Å². The predicted molar refractivity (Wildman–Crippen MR) is 136 cm³/mol. The van der Waals surface area contributed by atoms with Crippen molar-refractivity contribution in [3.63, 3.8) is 0 Å². The molecule has 2 atom stereocenters. The van der Waals surface area contributed by atoms with Crippen LogP contribution < -0.4 is 5.32 Å². The van der Waals surface area contributed by atoms with E-state index in [9.17, 15) is 9.90 Å². The number of ether oxygens (including phenoxy) is 1. The van der Waals surface area contributed by atoms with Gasteiger partial charge in [-0.3, -0.25) is 14.9 Å². The first kappa shape index (κ1) is 23.2. The molecule has 7 heterocycles. The molecule has 4 aromatic rings. The molecule has 3 aliphatic rings. The molecule has 12 heteroatoms. The molecule has 12 nitrogen and oxygen atoms in total. The summed E-state index contributed by atoms with van der Waals surface area (Å²) in [6.07, 6.45) is 8.54. The quantitative estimate of drug-likeness (QED) is 0.373. The zero-order valence-corrected chi connectivity index (χ0v) is 21.3. The Kier molecular flexibility index (Phi) is 5.24. The number of hydrogen-bond acceptors (Lipinski definition) is 9. The van der Waals surface area contributed by atoms with Crippen molar-refractivity contribution in [3.05, 3.63) is 53.6 Å². The Morgan fingerprint density at radius 2 is 1.97 bits per heavy atom. The Bertz CT molecular complexity index is 1490. The topological polar surface area (TPSA) is 146 Å². The SMILES string of the molecule is CC(C)(O)c1ccc(-c2cnn3c4c(c(C5CC6CCC(C5)N6C(=O)c5ncn[nH]5)nc23)COCN4)cn1. The highest BCUT2D eigenvalue weighted by Crippen LogP contribution is 2.45. The Labute approximate surface area is 218 Å². The van der Waals surface area contributed by atoms with E-state index in [2.05, 4.69) is 30.6 Å². The first-order valence-electron chi connectivity index (χ1n) is 13.0. The van der Waals surface area contributed by atoms with E-state index in [1.165, 1.54) is 6.33 Å². The molecule has 3 aliphatic heterocycles. The van der Waals surface area contributed by atoms with Gasteiger partial charge < -0.3 is 20.1 Å².